The number of rotatable bonds is 3. The van der Waals surface area contributed by atoms with Gasteiger partial charge in [0, 0.05) is 9.75 Å². The van der Waals surface area contributed by atoms with Gasteiger partial charge in [-0.3, -0.25) is 0 Å². The quantitative estimate of drug-likeness (QED) is 0.844. The van der Waals surface area contributed by atoms with Crippen molar-refractivity contribution >= 4 is 32.8 Å². The van der Waals surface area contributed by atoms with Gasteiger partial charge in [0.2, 0.25) is 0 Å². The molecule has 0 aliphatic carbocycles. The Morgan fingerprint density at radius 3 is 2.86 bits per heavy atom. The molecule has 74 valence electrons. The Morgan fingerprint density at radius 2 is 2.29 bits per heavy atom. The maximum atomic E-state index is 5.57. The number of nitrogens with one attached hydrogen (secondary N) is 1. The Labute approximate surface area is 90.6 Å². The molecule has 0 unspecified atom stereocenters. The number of thiazole rings is 1. The van der Waals surface area contributed by atoms with Gasteiger partial charge in [-0.1, -0.05) is 11.3 Å². The average Bonchev–Trinajstić information content (AvgIpc) is 2.72. The van der Waals surface area contributed by atoms with Gasteiger partial charge in [-0.05, 0) is 19.1 Å². The highest BCUT2D eigenvalue weighted by Gasteiger charge is 1.99. The number of aromatic nitrogens is 1. The predicted octanol–water partition coefficient (Wildman–Crippen LogP) is 2.71. The van der Waals surface area contributed by atoms with Gasteiger partial charge in [-0.25, -0.2) is 4.98 Å². The molecule has 5 heteroatoms. The zero-order valence-electron chi connectivity index (χ0n) is 7.78. The van der Waals surface area contributed by atoms with E-state index in [0.717, 1.165) is 16.7 Å². The van der Waals surface area contributed by atoms with E-state index < -0.39 is 0 Å². The molecule has 0 aliphatic heterocycles. The minimum atomic E-state index is 0.745. The van der Waals surface area contributed by atoms with E-state index in [0.29, 0.717) is 0 Å². The average molecular weight is 225 g/mol. The van der Waals surface area contributed by atoms with Crippen molar-refractivity contribution in [2.75, 3.05) is 11.1 Å². The lowest BCUT2D eigenvalue weighted by Crippen LogP contribution is -1.95. The molecule has 2 aromatic rings. The molecule has 0 fully saturated rings. The van der Waals surface area contributed by atoms with Crippen LogP contribution in [0.15, 0.2) is 18.3 Å². The minimum absolute atomic E-state index is 0.745. The van der Waals surface area contributed by atoms with E-state index in [1.807, 2.05) is 0 Å². The fourth-order valence-electron chi connectivity index (χ4n) is 1.11. The zero-order valence-corrected chi connectivity index (χ0v) is 9.41. The Kier molecular flexibility index (Phi) is 2.69. The van der Waals surface area contributed by atoms with Crippen LogP contribution in [0.5, 0.6) is 0 Å². The second-order valence-electron chi connectivity index (χ2n) is 2.93. The molecular formula is C9H11N3S2. The summed E-state index contributed by atoms with van der Waals surface area (Å²) >= 11 is 3.27. The fourth-order valence-corrected chi connectivity index (χ4v) is 2.52. The zero-order chi connectivity index (χ0) is 9.97. The smallest absolute Gasteiger partial charge is 0.184 e. The lowest BCUT2D eigenvalue weighted by molar-refractivity contribution is 1.17. The molecule has 3 N–H and O–H groups in total. The normalized spacial score (nSPS) is 10.4. The third kappa shape index (κ3) is 2.24. The van der Waals surface area contributed by atoms with E-state index in [9.17, 15) is 0 Å². The molecule has 0 bridgehead atoms. The summed E-state index contributed by atoms with van der Waals surface area (Å²) in [7, 11) is 0. The van der Waals surface area contributed by atoms with E-state index in [1.54, 1.807) is 17.5 Å². The van der Waals surface area contributed by atoms with Crippen molar-refractivity contribution in [3.05, 3.63) is 28.1 Å². The van der Waals surface area contributed by atoms with Gasteiger partial charge < -0.3 is 11.1 Å². The fraction of sp³-hybridized carbons (Fsp3) is 0.222. The van der Waals surface area contributed by atoms with Gasteiger partial charge in [0.1, 0.15) is 5.00 Å². The van der Waals surface area contributed by atoms with E-state index in [-0.39, 0.29) is 0 Å². The molecular weight excluding hydrogens is 214 g/mol. The van der Waals surface area contributed by atoms with E-state index in [4.69, 9.17) is 5.73 Å². The Morgan fingerprint density at radius 1 is 1.43 bits per heavy atom. The first-order chi connectivity index (χ1) is 6.74. The molecule has 0 amide bonds. The number of anilines is 2. The molecule has 0 saturated carbocycles. The first-order valence-corrected chi connectivity index (χ1v) is 5.88. The van der Waals surface area contributed by atoms with Crippen molar-refractivity contribution in [1.29, 1.82) is 0 Å². The first-order valence-electron chi connectivity index (χ1n) is 4.24. The van der Waals surface area contributed by atoms with Crippen LogP contribution in [0.1, 0.15) is 9.75 Å². The van der Waals surface area contributed by atoms with Crippen LogP contribution in [0.4, 0.5) is 10.1 Å². The standard InChI is InChI=1S/C9H11N3S2/c1-6-2-3-7(13-6)4-11-9-12-5-8(10)14-9/h2-3,5H,4,10H2,1H3,(H,11,12). The van der Waals surface area contributed by atoms with Crippen molar-refractivity contribution in [3.8, 4) is 0 Å². The van der Waals surface area contributed by atoms with Crippen LogP contribution in [-0.2, 0) is 6.54 Å². The largest absolute Gasteiger partial charge is 0.389 e. The van der Waals surface area contributed by atoms with E-state index in [2.05, 4.69) is 29.4 Å². The maximum absolute atomic E-state index is 5.57. The monoisotopic (exact) mass is 225 g/mol. The number of aryl methyl sites for hydroxylation is 1. The number of thiophene rings is 1. The molecule has 2 heterocycles. The van der Waals surface area contributed by atoms with Gasteiger partial charge in [-0.15, -0.1) is 11.3 Å². The summed E-state index contributed by atoms with van der Waals surface area (Å²) in [5.74, 6) is 0. The molecule has 0 radical (unpaired) electrons. The highest BCUT2D eigenvalue weighted by molar-refractivity contribution is 7.19. The number of nitrogens with two attached hydrogens (primary N) is 1. The van der Waals surface area contributed by atoms with Crippen molar-refractivity contribution in [3.63, 3.8) is 0 Å². The summed E-state index contributed by atoms with van der Waals surface area (Å²) in [6.07, 6.45) is 1.67. The van der Waals surface area contributed by atoms with Crippen LogP contribution >= 0.6 is 22.7 Å². The summed E-state index contributed by atoms with van der Waals surface area (Å²) in [5, 5.41) is 4.86. The predicted molar refractivity (Wildman–Crippen MR) is 62.9 cm³/mol. The van der Waals surface area contributed by atoms with Crippen LogP contribution in [0.25, 0.3) is 0 Å². The number of hydrogen-bond donors (Lipinski definition) is 2. The molecule has 0 spiro atoms. The summed E-state index contributed by atoms with van der Waals surface area (Å²) in [4.78, 5) is 6.77. The van der Waals surface area contributed by atoms with Crippen LogP contribution in [0.3, 0.4) is 0 Å². The number of hydrogen-bond acceptors (Lipinski definition) is 5. The van der Waals surface area contributed by atoms with E-state index >= 15 is 0 Å². The molecule has 14 heavy (non-hydrogen) atoms. The molecule has 0 atom stereocenters. The Balaban J connectivity index is 1.94. The topological polar surface area (TPSA) is 50.9 Å². The van der Waals surface area contributed by atoms with Gasteiger partial charge in [0.15, 0.2) is 5.13 Å². The summed E-state index contributed by atoms with van der Waals surface area (Å²) in [5.41, 5.74) is 5.57. The molecule has 0 aliphatic rings. The highest BCUT2D eigenvalue weighted by atomic mass is 32.1. The van der Waals surface area contributed by atoms with Crippen molar-refractivity contribution < 1.29 is 0 Å². The van der Waals surface area contributed by atoms with Crippen LogP contribution in [0, 0.1) is 6.92 Å². The van der Waals surface area contributed by atoms with Crippen molar-refractivity contribution in [2.24, 2.45) is 0 Å². The lowest BCUT2D eigenvalue weighted by Gasteiger charge is -1.98. The minimum Gasteiger partial charge on any atom is -0.389 e. The summed E-state index contributed by atoms with van der Waals surface area (Å²) in [6, 6.07) is 4.25. The second-order valence-corrected chi connectivity index (χ2v) is 5.37. The lowest BCUT2D eigenvalue weighted by atomic mass is 10.4. The Hall–Kier alpha value is -1.07. The van der Waals surface area contributed by atoms with E-state index in [1.165, 1.54) is 21.1 Å². The van der Waals surface area contributed by atoms with Crippen LogP contribution in [-0.4, -0.2) is 4.98 Å². The molecule has 0 aromatic carbocycles. The Bertz CT molecular complexity index is 379. The summed E-state index contributed by atoms with van der Waals surface area (Å²) < 4.78 is 0. The second kappa shape index (κ2) is 3.98. The van der Waals surface area contributed by atoms with Gasteiger partial charge >= 0.3 is 0 Å². The molecule has 0 saturated heterocycles. The van der Waals surface area contributed by atoms with Gasteiger partial charge in [0.05, 0.1) is 12.7 Å². The third-order valence-corrected chi connectivity index (χ3v) is 3.52. The number of nitrogen functional groups attached to an aromatic ring is 1. The molecule has 2 rings (SSSR count). The van der Waals surface area contributed by atoms with Crippen molar-refractivity contribution in [1.82, 2.24) is 4.98 Å². The third-order valence-electron chi connectivity index (χ3n) is 1.73. The van der Waals surface area contributed by atoms with Crippen molar-refractivity contribution in [2.45, 2.75) is 13.5 Å². The summed E-state index contributed by atoms with van der Waals surface area (Å²) in [6.45, 7) is 2.93. The van der Waals surface area contributed by atoms with Gasteiger partial charge in [-0.2, -0.15) is 0 Å². The van der Waals surface area contributed by atoms with Gasteiger partial charge in [0.25, 0.3) is 0 Å². The first kappa shape index (κ1) is 9.48. The SMILES string of the molecule is Cc1ccc(CNc2ncc(N)s2)s1. The van der Waals surface area contributed by atoms with Crippen LogP contribution < -0.4 is 11.1 Å². The highest BCUT2D eigenvalue weighted by Crippen LogP contribution is 2.21. The number of nitrogens with zero attached hydrogens (tertiary/aromatic N) is 1. The molecule has 2 aromatic heterocycles. The molecule has 3 nitrogen and oxygen atoms in total. The maximum Gasteiger partial charge on any atom is 0.184 e. The van der Waals surface area contributed by atoms with Crippen LogP contribution in [0.2, 0.25) is 0 Å².